The molecule has 14 heteroatoms. The van der Waals surface area contributed by atoms with Crippen molar-refractivity contribution in [1.29, 1.82) is 0 Å². The maximum atomic E-state index is 14.3. The van der Waals surface area contributed by atoms with Gasteiger partial charge in [-0.05, 0) is 63.5 Å². The van der Waals surface area contributed by atoms with Crippen molar-refractivity contribution in [3.8, 4) is 17.0 Å². The fourth-order valence-corrected chi connectivity index (χ4v) is 5.61. The number of nitrogens with zero attached hydrogens (tertiary/aromatic N) is 3. The van der Waals surface area contributed by atoms with E-state index in [-0.39, 0.29) is 38.6 Å². The lowest BCUT2D eigenvalue weighted by atomic mass is 9.90. The van der Waals surface area contributed by atoms with E-state index in [4.69, 9.17) is 66.7 Å². The van der Waals surface area contributed by atoms with Crippen molar-refractivity contribution in [3.05, 3.63) is 39.8 Å². The molecule has 9 nitrogen and oxygen atoms in total. The summed E-state index contributed by atoms with van der Waals surface area (Å²) in [4.78, 5) is 29.8. The number of pyridine rings is 1. The van der Waals surface area contributed by atoms with E-state index in [0.29, 0.717) is 13.2 Å². The third kappa shape index (κ3) is 9.45. The van der Waals surface area contributed by atoms with E-state index in [9.17, 15) is 14.0 Å². The van der Waals surface area contributed by atoms with E-state index in [0.717, 1.165) is 25.7 Å². The minimum absolute atomic E-state index is 0.00196. The lowest BCUT2D eigenvalue weighted by molar-refractivity contribution is -0.153. The van der Waals surface area contributed by atoms with Crippen LogP contribution in [0.4, 0.5) is 10.1 Å². The normalized spacial score (nSPS) is 15.6. The van der Waals surface area contributed by atoms with Crippen LogP contribution >= 0.6 is 46.4 Å². The Labute approximate surface area is 272 Å². The molecule has 4 rings (SSSR count). The number of carbonyl (C=O) groups is 2. The lowest BCUT2D eigenvalue weighted by Gasteiger charge is -2.40. The van der Waals surface area contributed by atoms with Crippen molar-refractivity contribution in [2.75, 3.05) is 45.6 Å². The van der Waals surface area contributed by atoms with Crippen molar-refractivity contribution in [2.45, 2.75) is 63.4 Å². The molecule has 240 valence electrons. The molecule has 1 aliphatic carbocycles. The molecular formula is C29H39Cl4FN4O5. The zero-order valence-electron chi connectivity index (χ0n) is 24.8. The molecule has 2 aliphatic rings. The number of rotatable bonds is 7. The van der Waals surface area contributed by atoms with E-state index in [1.807, 2.05) is 0 Å². The number of hydrogen-bond donors (Lipinski definition) is 2. The molecule has 1 amide bonds. The van der Waals surface area contributed by atoms with Crippen LogP contribution in [-0.4, -0.2) is 82.2 Å². The maximum absolute atomic E-state index is 14.3. The van der Waals surface area contributed by atoms with Crippen molar-refractivity contribution in [1.82, 2.24) is 14.8 Å². The first-order valence-corrected chi connectivity index (χ1v) is 15.7. The van der Waals surface area contributed by atoms with Crippen LogP contribution in [0.25, 0.3) is 11.3 Å². The number of hydrogen-bond acceptors (Lipinski definition) is 7. The van der Waals surface area contributed by atoms with E-state index in [1.165, 1.54) is 51.4 Å². The highest BCUT2D eigenvalue weighted by molar-refractivity contribution is 6.53. The number of ether oxygens (including phenoxy) is 2. The number of alkyl halides is 2. The van der Waals surface area contributed by atoms with Crippen LogP contribution in [0.3, 0.4) is 0 Å². The summed E-state index contributed by atoms with van der Waals surface area (Å²) in [5.74, 6) is -2.51. The number of anilines is 1. The van der Waals surface area contributed by atoms with Gasteiger partial charge in [-0.1, -0.05) is 73.6 Å². The molecule has 0 bridgehead atoms. The van der Waals surface area contributed by atoms with Crippen molar-refractivity contribution < 1.29 is 28.6 Å². The van der Waals surface area contributed by atoms with Gasteiger partial charge in [0.2, 0.25) is 0 Å². The number of nitrogens with two attached hydrogens (primary N) is 1. The topological polar surface area (TPSA) is 118 Å². The quantitative estimate of drug-likeness (QED) is 0.296. The summed E-state index contributed by atoms with van der Waals surface area (Å²) in [6.45, 7) is 11.3. The third-order valence-corrected chi connectivity index (χ3v) is 8.39. The summed E-state index contributed by atoms with van der Waals surface area (Å²) >= 11 is 22.8. The zero-order chi connectivity index (χ0) is 32.3. The summed E-state index contributed by atoms with van der Waals surface area (Å²) in [6, 6.07) is 4.04. The number of nitrogen functional groups attached to an aromatic ring is 1. The molecule has 2 heterocycles. The average molecular weight is 684 g/mol. The van der Waals surface area contributed by atoms with Crippen LogP contribution in [0.1, 0.15) is 63.4 Å². The summed E-state index contributed by atoms with van der Waals surface area (Å²) in [7, 11) is 1.26. The standard InChI is InChI=1S/C13H9Cl2FN2O3.C10H15Cl2NO2.C6H15N/c1-21-12-6(14)3-2-5(10(12)16)8-4-7(17)9(15)11(18-8)13(19)20;11-8(12)9(14)13-6-7-15-10(13)4-2-1-3-5-10;1-4-7(5-2)6-3/h2-4H,1H3,(H2,17,18)(H,19,20);8H,1-7H2;4-6H2,1-3H3. The van der Waals surface area contributed by atoms with Gasteiger partial charge < -0.3 is 30.1 Å². The van der Waals surface area contributed by atoms with Crippen LogP contribution in [0, 0.1) is 5.82 Å². The molecule has 1 aliphatic heterocycles. The Morgan fingerprint density at radius 3 is 2.26 bits per heavy atom. The first-order valence-electron chi connectivity index (χ1n) is 14.0. The first kappa shape index (κ1) is 37.1. The minimum Gasteiger partial charge on any atom is -0.492 e. The van der Waals surface area contributed by atoms with Gasteiger partial charge in [-0.3, -0.25) is 4.79 Å². The van der Waals surface area contributed by atoms with Crippen LogP contribution in [0.15, 0.2) is 18.2 Å². The number of carbonyl (C=O) groups excluding carboxylic acids is 1. The molecular weight excluding hydrogens is 645 g/mol. The van der Waals surface area contributed by atoms with E-state index in [1.54, 1.807) is 4.90 Å². The van der Waals surface area contributed by atoms with Crippen LogP contribution in [0.2, 0.25) is 10.0 Å². The van der Waals surface area contributed by atoms with E-state index < -0.39 is 28.0 Å². The second kappa shape index (κ2) is 17.4. The first-order chi connectivity index (χ1) is 20.4. The SMILES string of the molecule is CCN(CC)CC.COc1c(Cl)ccc(-c2cc(N)c(Cl)c(C(=O)O)n2)c1F.O=C(C(Cl)Cl)N1CCOC12CCCCC2. The average Bonchev–Trinajstić information content (AvgIpc) is 3.38. The van der Waals surface area contributed by atoms with Gasteiger partial charge in [0, 0.05) is 12.1 Å². The number of aromatic carboxylic acids is 1. The zero-order valence-corrected chi connectivity index (χ0v) is 27.8. The lowest BCUT2D eigenvalue weighted by Crippen LogP contribution is -2.51. The fourth-order valence-electron chi connectivity index (χ4n) is 4.97. The molecule has 1 aromatic heterocycles. The molecule has 43 heavy (non-hydrogen) atoms. The summed E-state index contributed by atoms with van der Waals surface area (Å²) in [6.07, 6.45) is 5.27. The molecule has 0 radical (unpaired) electrons. The van der Waals surface area contributed by atoms with Crippen molar-refractivity contribution in [2.24, 2.45) is 0 Å². The maximum Gasteiger partial charge on any atom is 0.356 e. The molecule has 3 N–H and O–H groups in total. The van der Waals surface area contributed by atoms with Crippen molar-refractivity contribution in [3.63, 3.8) is 0 Å². The Bertz CT molecular complexity index is 1240. The number of methoxy groups -OCH3 is 1. The molecule has 0 unspecified atom stereocenters. The molecule has 1 spiro atoms. The number of carboxylic acids is 1. The van der Waals surface area contributed by atoms with Gasteiger partial charge in [-0.2, -0.15) is 0 Å². The molecule has 1 aromatic carbocycles. The predicted octanol–water partition coefficient (Wildman–Crippen LogP) is 7.14. The minimum atomic E-state index is -1.37. The monoisotopic (exact) mass is 682 g/mol. The molecule has 0 atom stereocenters. The van der Waals surface area contributed by atoms with Gasteiger partial charge in [-0.15, -0.1) is 0 Å². The number of halogens is 5. The van der Waals surface area contributed by atoms with Gasteiger partial charge in [0.05, 0.1) is 35.1 Å². The summed E-state index contributed by atoms with van der Waals surface area (Å²) in [5, 5.41) is 8.91. The van der Waals surface area contributed by atoms with Gasteiger partial charge in [-0.25, -0.2) is 14.2 Å². The molecule has 2 fully saturated rings. The largest absolute Gasteiger partial charge is 0.492 e. The summed E-state index contributed by atoms with van der Waals surface area (Å²) < 4.78 is 24.9. The summed E-state index contributed by atoms with van der Waals surface area (Å²) in [5.41, 5.74) is 4.78. The predicted molar refractivity (Wildman–Crippen MR) is 170 cm³/mol. The number of amides is 1. The Balaban J connectivity index is 0.000000255. The highest BCUT2D eigenvalue weighted by atomic mass is 35.5. The number of benzene rings is 1. The highest BCUT2D eigenvalue weighted by Gasteiger charge is 2.46. The number of aromatic nitrogens is 1. The molecule has 1 saturated heterocycles. The van der Waals surface area contributed by atoms with Gasteiger partial charge >= 0.3 is 5.97 Å². The second-order valence-corrected chi connectivity index (χ2v) is 11.7. The van der Waals surface area contributed by atoms with Gasteiger partial charge in [0.1, 0.15) is 5.72 Å². The highest BCUT2D eigenvalue weighted by Crippen LogP contribution is 2.39. The molecule has 2 aromatic rings. The van der Waals surface area contributed by atoms with Gasteiger partial charge in [0.25, 0.3) is 5.91 Å². The van der Waals surface area contributed by atoms with Crippen LogP contribution in [0.5, 0.6) is 5.75 Å². The Morgan fingerprint density at radius 2 is 1.77 bits per heavy atom. The van der Waals surface area contributed by atoms with E-state index >= 15 is 0 Å². The van der Waals surface area contributed by atoms with Crippen LogP contribution < -0.4 is 10.5 Å². The third-order valence-electron chi connectivity index (χ3n) is 7.32. The fraction of sp³-hybridized carbons (Fsp3) is 0.552. The van der Waals surface area contributed by atoms with E-state index in [2.05, 4.69) is 30.7 Å². The Morgan fingerprint density at radius 1 is 1.16 bits per heavy atom. The number of carboxylic acid groups (broad SMARTS) is 1. The van der Waals surface area contributed by atoms with Crippen LogP contribution in [-0.2, 0) is 9.53 Å². The van der Waals surface area contributed by atoms with Crippen molar-refractivity contribution >= 4 is 64.0 Å². The Kier molecular flexibility index (Phi) is 15.0. The Hall–Kier alpha value is -2.08. The second-order valence-electron chi connectivity index (χ2n) is 9.77. The van der Waals surface area contributed by atoms with Gasteiger partial charge in [0.15, 0.2) is 22.1 Å². The smallest absolute Gasteiger partial charge is 0.356 e. The molecule has 1 saturated carbocycles.